The van der Waals surface area contributed by atoms with Crippen molar-refractivity contribution in [3.63, 3.8) is 0 Å². The van der Waals surface area contributed by atoms with Crippen molar-refractivity contribution in [2.75, 3.05) is 7.11 Å². The molecule has 0 amide bonds. The summed E-state index contributed by atoms with van der Waals surface area (Å²) in [7, 11) is 1.54. The highest BCUT2D eigenvalue weighted by Crippen LogP contribution is 2.17. The molecule has 5 nitrogen and oxygen atoms in total. The molecule has 1 N–H and O–H groups in total. The second-order valence-corrected chi connectivity index (χ2v) is 5.20. The van der Waals surface area contributed by atoms with Gasteiger partial charge in [-0.2, -0.15) is 0 Å². The number of ether oxygens (including phenoxy) is 1. The lowest BCUT2D eigenvalue weighted by Gasteiger charge is -2.06. The minimum atomic E-state index is -1.11. The Balaban J connectivity index is 2.24. The molecule has 2 aromatic rings. The van der Waals surface area contributed by atoms with Crippen molar-refractivity contribution in [2.24, 2.45) is 0 Å². The summed E-state index contributed by atoms with van der Waals surface area (Å²) in [6, 6.07) is 8.08. The van der Waals surface area contributed by atoms with E-state index in [1.807, 2.05) is 0 Å². The van der Waals surface area contributed by atoms with Crippen LogP contribution in [0.2, 0.25) is 0 Å². The quantitative estimate of drug-likeness (QED) is 0.839. The number of halogens is 1. The Hall–Kier alpha value is -2.21. The third-order valence-electron chi connectivity index (χ3n) is 2.91. The number of rotatable bonds is 5. The van der Waals surface area contributed by atoms with Crippen LogP contribution < -0.4 is 4.74 Å². The van der Waals surface area contributed by atoms with Gasteiger partial charge in [0.1, 0.15) is 5.75 Å². The Labute approximate surface area is 129 Å². The number of aromatic nitrogens is 1. The molecular formula is C15H12BrNO4. The van der Waals surface area contributed by atoms with Gasteiger partial charge in [-0.15, -0.1) is 0 Å². The fourth-order valence-corrected chi connectivity index (χ4v) is 2.16. The van der Waals surface area contributed by atoms with E-state index in [0.717, 1.165) is 0 Å². The van der Waals surface area contributed by atoms with Gasteiger partial charge in [-0.05, 0) is 46.3 Å². The third-order valence-corrected chi connectivity index (χ3v) is 3.34. The molecule has 108 valence electrons. The molecule has 0 aliphatic heterocycles. The average Bonchev–Trinajstić information content (AvgIpc) is 2.49. The van der Waals surface area contributed by atoms with Gasteiger partial charge in [0.2, 0.25) is 0 Å². The fourth-order valence-electron chi connectivity index (χ4n) is 1.82. The Morgan fingerprint density at radius 3 is 2.52 bits per heavy atom. The summed E-state index contributed by atoms with van der Waals surface area (Å²) in [4.78, 5) is 27.4. The molecule has 0 aliphatic rings. The minimum Gasteiger partial charge on any atom is -0.497 e. The number of aromatic carboxylic acids is 1. The van der Waals surface area contributed by atoms with Crippen LogP contribution in [-0.2, 0) is 6.42 Å². The first-order chi connectivity index (χ1) is 10.0. The summed E-state index contributed by atoms with van der Waals surface area (Å²) in [5.41, 5.74) is 0.745. The molecule has 0 spiro atoms. The minimum absolute atomic E-state index is 0.0197. The highest BCUT2D eigenvalue weighted by molar-refractivity contribution is 9.10. The van der Waals surface area contributed by atoms with Crippen molar-refractivity contribution in [2.45, 2.75) is 6.42 Å². The average molecular weight is 350 g/mol. The van der Waals surface area contributed by atoms with Crippen molar-refractivity contribution >= 4 is 27.7 Å². The molecule has 0 radical (unpaired) electrons. The first-order valence-corrected chi connectivity index (χ1v) is 6.85. The molecule has 1 heterocycles. The second kappa shape index (κ2) is 6.49. The summed E-state index contributed by atoms with van der Waals surface area (Å²) in [5.74, 6) is -0.657. The molecule has 0 saturated carbocycles. The Kier molecular flexibility index (Phi) is 4.70. The van der Waals surface area contributed by atoms with E-state index in [2.05, 4.69) is 20.9 Å². The number of ketones is 1. The van der Waals surface area contributed by atoms with Crippen LogP contribution in [0, 0.1) is 0 Å². The van der Waals surface area contributed by atoms with E-state index in [-0.39, 0.29) is 23.5 Å². The summed E-state index contributed by atoms with van der Waals surface area (Å²) < 4.78 is 5.58. The molecule has 1 aromatic heterocycles. The topological polar surface area (TPSA) is 76.5 Å². The molecule has 0 fully saturated rings. The van der Waals surface area contributed by atoms with Crippen LogP contribution >= 0.6 is 15.9 Å². The SMILES string of the molecule is COc1ccc(C(=O)Cc2ncc(Br)cc2C(=O)O)cc1. The number of carbonyl (C=O) groups is 2. The lowest BCUT2D eigenvalue weighted by Crippen LogP contribution is -2.11. The van der Waals surface area contributed by atoms with Crippen LogP contribution in [0.3, 0.4) is 0 Å². The number of benzene rings is 1. The number of hydrogen-bond donors (Lipinski definition) is 1. The van der Waals surface area contributed by atoms with Gasteiger partial charge in [-0.3, -0.25) is 9.78 Å². The summed E-state index contributed by atoms with van der Waals surface area (Å²) in [5, 5.41) is 9.15. The molecule has 0 saturated heterocycles. The van der Waals surface area contributed by atoms with Crippen LogP contribution in [0.1, 0.15) is 26.4 Å². The van der Waals surface area contributed by atoms with Crippen LogP contribution in [0.15, 0.2) is 41.0 Å². The van der Waals surface area contributed by atoms with Crippen molar-refractivity contribution < 1.29 is 19.4 Å². The molecule has 0 bridgehead atoms. The number of methoxy groups -OCH3 is 1. The highest BCUT2D eigenvalue weighted by Gasteiger charge is 2.16. The van der Waals surface area contributed by atoms with Crippen LogP contribution in [0.4, 0.5) is 0 Å². The Morgan fingerprint density at radius 2 is 1.95 bits per heavy atom. The summed E-state index contributed by atoms with van der Waals surface area (Å²) in [6.07, 6.45) is 1.41. The smallest absolute Gasteiger partial charge is 0.337 e. The van der Waals surface area contributed by atoms with E-state index >= 15 is 0 Å². The molecule has 21 heavy (non-hydrogen) atoms. The number of carbonyl (C=O) groups excluding carboxylic acids is 1. The number of carboxylic acid groups (broad SMARTS) is 1. The summed E-state index contributed by atoms with van der Waals surface area (Å²) >= 11 is 3.17. The second-order valence-electron chi connectivity index (χ2n) is 4.28. The number of pyridine rings is 1. The normalized spacial score (nSPS) is 10.2. The molecule has 0 aliphatic carbocycles. The first kappa shape index (κ1) is 15.2. The Bertz CT molecular complexity index is 683. The monoisotopic (exact) mass is 349 g/mol. The van der Waals surface area contributed by atoms with E-state index in [1.54, 1.807) is 31.4 Å². The zero-order valence-corrected chi connectivity index (χ0v) is 12.8. The van der Waals surface area contributed by atoms with Crippen LogP contribution in [0.5, 0.6) is 5.75 Å². The zero-order valence-electron chi connectivity index (χ0n) is 11.2. The largest absolute Gasteiger partial charge is 0.497 e. The number of nitrogens with zero attached hydrogens (tertiary/aromatic N) is 1. The van der Waals surface area contributed by atoms with Gasteiger partial charge < -0.3 is 9.84 Å². The lowest BCUT2D eigenvalue weighted by atomic mass is 10.0. The predicted molar refractivity (Wildman–Crippen MR) is 79.9 cm³/mol. The van der Waals surface area contributed by atoms with Gasteiger partial charge in [-0.25, -0.2) is 4.79 Å². The fraction of sp³-hybridized carbons (Fsp3) is 0.133. The summed E-state index contributed by atoms with van der Waals surface area (Å²) in [6.45, 7) is 0. The molecule has 0 unspecified atom stereocenters. The van der Waals surface area contributed by atoms with Gasteiger partial charge >= 0.3 is 5.97 Å². The molecule has 1 aromatic carbocycles. The number of hydrogen-bond acceptors (Lipinski definition) is 4. The number of Topliss-reactive ketones (excluding diaryl/α,β-unsaturated/α-hetero) is 1. The van der Waals surface area contributed by atoms with E-state index in [4.69, 9.17) is 9.84 Å². The maximum absolute atomic E-state index is 12.2. The van der Waals surface area contributed by atoms with Gasteiger partial charge in [-0.1, -0.05) is 0 Å². The maximum atomic E-state index is 12.2. The van der Waals surface area contributed by atoms with Crippen molar-refractivity contribution in [1.29, 1.82) is 0 Å². The van der Waals surface area contributed by atoms with Crippen LogP contribution in [-0.4, -0.2) is 29.0 Å². The van der Waals surface area contributed by atoms with Gasteiger partial charge in [0, 0.05) is 16.2 Å². The molecule has 6 heteroatoms. The van der Waals surface area contributed by atoms with E-state index < -0.39 is 5.97 Å². The van der Waals surface area contributed by atoms with Crippen LogP contribution in [0.25, 0.3) is 0 Å². The predicted octanol–water partition coefficient (Wildman–Crippen LogP) is 2.98. The van der Waals surface area contributed by atoms with Crippen molar-refractivity contribution in [1.82, 2.24) is 4.98 Å². The highest BCUT2D eigenvalue weighted by atomic mass is 79.9. The molecular weight excluding hydrogens is 338 g/mol. The lowest BCUT2D eigenvalue weighted by molar-refractivity contribution is 0.0695. The Morgan fingerprint density at radius 1 is 1.29 bits per heavy atom. The zero-order chi connectivity index (χ0) is 15.4. The van der Waals surface area contributed by atoms with E-state index in [1.165, 1.54) is 12.3 Å². The van der Waals surface area contributed by atoms with E-state index in [0.29, 0.717) is 15.8 Å². The van der Waals surface area contributed by atoms with Crippen molar-refractivity contribution in [3.8, 4) is 5.75 Å². The van der Waals surface area contributed by atoms with E-state index in [9.17, 15) is 9.59 Å². The van der Waals surface area contributed by atoms with Gasteiger partial charge in [0.05, 0.1) is 24.8 Å². The molecule has 0 atom stereocenters. The van der Waals surface area contributed by atoms with Gasteiger partial charge in [0.15, 0.2) is 5.78 Å². The standard InChI is InChI=1S/C15H12BrNO4/c1-21-11-4-2-9(3-5-11)14(18)7-13-12(15(19)20)6-10(16)8-17-13/h2-6,8H,7H2,1H3,(H,19,20). The van der Waals surface area contributed by atoms with Crippen molar-refractivity contribution in [3.05, 3.63) is 57.8 Å². The number of carboxylic acids is 1. The third kappa shape index (κ3) is 3.66. The molecule has 2 rings (SSSR count). The maximum Gasteiger partial charge on any atom is 0.337 e. The van der Waals surface area contributed by atoms with Gasteiger partial charge in [0.25, 0.3) is 0 Å². The first-order valence-electron chi connectivity index (χ1n) is 6.06.